The Morgan fingerprint density at radius 1 is 1.29 bits per heavy atom. The highest BCUT2D eigenvalue weighted by atomic mass is 35.5. The summed E-state index contributed by atoms with van der Waals surface area (Å²) in [5.41, 5.74) is 0. The van der Waals surface area contributed by atoms with Gasteiger partial charge in [0.2, 0.25) is 5.91 Å². The van der Waals surface area contributed by atoms with E-state index in [0.29, 0.717) is 12.6 Å². The second kappa shape index (κ2) is 6.45. The van der Waals surface area contributed by atoms with E-state index in [9.17, 15) is 4.79 Å². The molecule has 1 amide bonds. The van der Waals surface area contributed by atoms with Crippen LogP contribution in [-0.2, 0) is 4.79 Å². The first-order chi connectivity index (χ1) is 5.86. The summed E-state index contributed by atoms with van der Waals surface area (Å²) in [6.45, 7) is 4.57. The summed E-state index contributed by atoms with van der Waals surface area (Å²) in [5.74, 6) is 0.174. The highest BCUT2D eigenvalue weighted by Gasteiger charge is 2.25. The van der Waals surface area contributed by atoms with Gasteiger partial charge in [-0.05, 0) is 13.0 Å². The minimum Gasteiger partial charge on any atom is -0.354 e. The van der Waals surface area contributed by atoms with Gasteiger partial charge in [0.25, 0.3) is 0 Å². The van der Waals surface area contributed by atoms with E-state index >= 15 is 0 Å². The summed E-state index contributed by atoms with van der Waals surface area (Å²) in [6, 6.07) is 0.594. The molecule has 2 fully saturated rings. The van der Waals surface area contributed by atoms with Crippen LogP contribution in [0.4, 0.5) is 0 Å². The average molecular weight is 242 g/mol. The monoisotopic (exact) mass is 241 g/mol. The van der Waals surface area contributed by atoms with Crippen LogP contribution in [0.2, 0.25) is 0 Å². The first kappa shape index (κ1) is 14.0. The van der Waals surface area contributed by atoms with Crippen molar-refractivity contribution in [2.24, 2.45) is 0 Å². The van der Waals surface area contributed by atoms with Crippen LogP contribution >= 0.6 is 24.8 Å². The topological polar surface area (TPSA) is 44.4 Å². The molecule has 2 aliphatic heterocycles. The second-order valence-electron chi connectivity index (χ2n) is 3.47. The Kier molecular flexibility index (Phi) is 6.44. The standard InChI is InChI=1S/C8H15N3O.2ClH/c12-8-6-11(4-3-10-8)7-1-2-9-5-7;;/h7,9H,1-6H2,(H,10,12);2*1H. The van der Waals surface area contributed by atoms with Gasteiger partial charge in [-0.25, -0.2) is 0 Å². The molecular formula is C8H17Cl2N3O. The summed E-state index contributed by atoms with van der Waals surface area (Å²) in [5, 5.41) is 6.15. The van der Waals surface area contributed by atoms with Gasteiger partial charge in [-0.2, -0.15) is 0 Å². The number of piperazine rings is 1. The third-order valence-electron chi connectivity index (χ3n) is 2.62. The summed E-state index contributed by atoms with van der Waals surface area (Å²) in [7, 11) is 0. The molecule has 0 aromatic carbocycles. The largest absolute Gasteiger partial charge is 0.354 e. The molecule has 0 aliphatic carbocycles. The van der Waals surface area contributed by atoms with Crippen molar-refractivity contribution >= 4 is 30.7 Å². The molecule has 0 aromatic heterocycles. The lowest BCUT2D eigenvalue weighted by Gasteiger charge is -2.31. The number of carbonyl (C=O) groups excluding carboxylic acids is 1. The lowest BCUT2D eigenvalue weighted by atomic mass is 10.2. The molecule has 2 aliphatic rings. The fourth-order valence-corrected chi connectivity index (χ4v) is 1.92. The van der Waals surface area contributed by atoms with Crippen LogP contribution in [-0.4, -0.2) is 49.6 Å². The van der Waals surface area contributed by atoms with Crippen LogP contribution in [0.5, 0.6) is 0 Å². The molecule has 84 valence electrons. The van der Waals surface area contributed by atoms with Gasteiger partial charge in [0.1, 0.15) is 0 Å². The molecule has 4 nitrogen and oxygen atoms in total. The second-order valence-corrected chi connectivity index (χ2v) is 3.47. The van der Waals surface area contributed by atoms with E-state index in [2.05, 4.69) is 15.5 Å². The third-order valence-corrected chi connectivity index (χ3v) is 2.62. The lowest BCUT2D eigenvalue weighted by Crippen LogP contribution is -2.52. The van der Waals surface area contributed by atoms with Crippen molar-refractivity contribution in [3.05, 3.63) is 0 Å². The Hall–Kier alpha value is -0.0300. The Morgan fingerprint density at radius 2 is 2.07 bits per heavy atom. The maximum absolute atomic E-state index is 11.1. The molecule has 1 unspecified atom stereocenters. The van der Waals surface area contributed by atoms with Crippen molar-refractivity contribution in [1.29, 1.82) is 0 Å². The van der Waals surface area contributed by atoms with Crippen LogP contribution < -0.4 is 10.6 Å². The number of amides is 1. The molecule has 2 N–H and O–H groups in total. The molecule has 2 heterocycles. The normalized spacial score (nSPS) is 27.4. The van der Waals surface area contributed by atoms with Gasteiger partial charge in [0.05, 0.1) is 6.54 Å². The quantitative estimate of drug-likeness (QED) is 0.659. The number of nitrogens with zero attached hydrogens (tertiary/aromatic N) is 1. The van der Waals surface area contributed by atoms with E-state index in [-0.39, 0.29) is 30.7 Å². The molecular weight excluding hydrogens is 225 g/mol. The molecule has 0 spiro atoms. The predicted molar refractivity (Wildman–Crippen MR) is 60.4 cm³/mol. The Balaban J connectivity index is 0.000000845. The molecule has 6 heteroatoms. The number of hydrogen-bond acceptors (Lipinski definition) is 3. The van der Waals surface area contributed by atoms with Gasteiger partial charge in [0, 0.05) is 25.7 Å². The van der Waals surface area contributed by atoms with Gasteiger partial charge in [-0.3, -0.25) is 9.69 Å². The number of carbonyl (C=O) groups is 1. The minimum absolute atomic E-state index is 0. The Labute approximate surface area is 96.6 Å². The van der Waals surface area contributed by atoms with Crippen molar-refractivity contribution in [2.45, 2.75) is 12.5 Å². The molecule has 2 saturated heterocycles. The third kappa shape index (κ3) is 3.28. The van der Waals surface area contributed by atoms with Gasteiger partial charge in [-0.15, -0.1) is 24.8 Å². The highest BCUT2D eigenvalue weighted by molar-refractivity contribution is 5.85. The van der Waals surface area contributed by atoms with Crippen LogP contribution in [0.25, 0.3) is 0 Å². The zero-order valence-electron chi connectivity index (χ0n) is 7.99. The van der Waals surface area contributed by atoms with Gasteiger partial charge in [-0.1, -0.05) is 0 Å². The van der Waals surface area contributed by atoms with E-state index < -0.39 is 0 Å². The number of nitrogens with one attached hydrogen (secondary N) is 2. The van der Waals surface area contributed by atoms with Crippen molar-refractivity contribution in [3.8, 4) is 0 Å². The minimum atomic E-state index is 0. The first-order valence-corrected chi connectivity index (χ1v) is 4.58. The van der Waals surface area contributed by atoms with Gasteiger partial charge < -0.3 is 10.6 Å². The summed E-state index contributed by atoms with van der Waals surface area (Å²) in [4.78, 5) is 13.3. The molecule has 14 heavy (non-hydrogen) atoms. The number of hydrogen-bond donors (Lipinski definition) is 2. The van der Waals surface area contributed by atoms with E-state index in [1.54, 1.807) is 0 Å². The fraction of sp³-hybridized carbons (Fsp3) is 0.875. The summed E-state index contributed by atoms with van der Waals surface area (Å²) < 4.78 is 0. The molecule has 0 aromatic rings. The van der Waals surface area contributed by atoms with Crippen LogP contribution in [0.15, 0.2) is 0 Å². The van der Waals surface area contributed by atoms with Crippen LogP contribution in [0, 0.1) is 0 Å². The Bertz CT molecular complexity index is 185. The average Bonchev–Trinajstić information content (AvgIpc) is 2.56. The van der Waals surface area contributed by atoms with Gasteiger partial charge in [0.15, 0.2) is 0 Å². The van der Waals surface area contributed by atoms with Crippen molar-refractivity contribution in [3.63, 3.8) is 0 Å². The number of halogens is 2. The SMILES string of the molecule is Cl.Cl.O=C1CN(C2CCNC2)CCN1. The maximum Gasteiger partial charge on any atom is 0.234 e. The molecule has 2 rings (SSSR count). The van der Waals surface area contributed by atoms with Crippen molar-refractivity contribution < 1.29 is 4.79 Å². The molecule has 0 bridgehead atoms. The lowest BCUT2D eigenvalue weighted by molar-refractivity contribution is -0.124. The highest BCUT2D eigenvalue weighted by Crippen LogP contribution is 2.08. The van der Waals surface area contributed by atoms with E-state index in [1.807, 2.05) is 0 Å². The fourth-order valence-electron chi connectivity index (χ4n) is 1.92. The summed E-state index contributed by atoms with van der Waals surface area (Å²) in [6.07, 6.45) is 1.19. The van der Waals surface area contributed by atoms with Crippen LogP contribution in [0.1, 0.15) is 6.42 Å². The summed E-state index contributed by atoms with van der Waals surface area (Å²) >= 11 is 0. The van der Waals surface area contributed by atoms with Crippen LogP contribution in [0.3, 0.4) is 0 Å². The van der Waals surface area contributed by atoms with Gasteiger partial charge >= 0.3 is 0 Å². The zero-order chi connectivity index (χ0) is 8.39. The van der Waals surface area contributed by atoms with Crippen molar-refractivity contribution in [2.75, 3.05) is 32.7 Å². The predicted octanol–water partition coefficient (Wildman–Crippen LogP) is -0.376. The number of rotatable bonds is 1. The van der Waals surface area contributed by atoms with E-state index in [4.69, 9.17) is 0 Å². The van der Waals surface area contributed by atoms with E-state index in [1.165, 1.54) is 6.42 Å². The Morgan fingerprint density at radius 3 is 2.64 bits per heavy atom. The smallest absolute Gasteiger partial charge is 0.234 e. The van der Waals surface area contributed by atoms with Crippen molar-refractivity contribution in [1.82, 2.24) is 15.5 Å². The first-order valence-electron chi connectivity index (χ1n) is 4.58. The molecule has 1 atom stereocenters. The van der Waals surface area contributed by atoms with E-state index in [0.717, 1.165) is 26.2 Å². The maximum atomic E-state index is 11.1. The zero-order valence-corrected chi connectivity index (χ0v) is 9.62. The molecule has 0 radical (unpaired) electrons. The molecule has 0 saturated carbocycles.